The first-order valence-corrected chi connectivity index (χ1v) is 15.9. The zero-order valence-corrected chi connectivity index (χ0v) is 26.7. The summed E-state index contributed by atoms with van der Waals surface area (Å²) >= 11 is 0. The van der Waals surface area contributed by atoms with Crippen LogP contribution in [0.15, 0.2) is 48.6 Å². The van der Waals surface area contributed by atoms with Gasteiger partial charge in [0.25, 0.3) is 0 Å². The van der Waals surface area contributed by atoms with Crippen molar-refractivity contribution in [1.29, 1.82) is 0 Å². The van der Waals surface area contributed by atoms with Crippen molar-refractivity contribution in [3.8, 4) is 23.0 Å². The van der Waals surface area contributed by atoms with Gasteiger partial charge in [-0.05, 0) is 35.4 Å². The zero-order valence-electron chi connectivity index (χ0n) is 26.7. The van der Waals surface area contributed by atoms with Crippen LogP contribution in [0.3, 0.4) is 0 Å². The molecule has 0 saturated carbocycles. The van der Waals surface area contributed by atoms with Gasteiger partial charge in [-0.2, -0.15) is 0 Å². The lowest BCUT2D eigenvalue weighted by Gasteiger charge is -2.13. The van der Waals surface area contributed by atoms with Crippen molar-refractivity contribution >= 4 is 0 Å². The van der Waals surface area contributed by atoms with E-state index in [4.69, 9.17) is 56.8 Å². The van der Waals surface area contributed by atoms with Gasteiger partial charge in [0.15, 0.2) is 0 Å². The van der Waals surface area contributed by atoms with Gasteiger partial charge in [0.2, 0.25) is 0 Å². The number of hydrogen-bond acceptors (Lipinski definition) is 12. The number of ether oxygens (including phenoxy) is 12. The highest BCUT2D eigenvalue weighted by Crippen LogP contribution is 2.25. The van der Waals surface area contributed by atoms with Gasteiger partial charge < -0.3 is 56.8 Å². The van der Waals surface area contributed by atoms with Crippen molar-refractivity contribution < 1.29 is 56.8 Å². The van der Waals surface area contributed by atoms with Gasteiger partial charge in [0.05, 0.1) is 106 Å². The van der Waals surface area contributed by atoms with Crippen molar-refractivity contribution in [2.75, 3.05) is 119 Å². The maximum absolute atomic E-state index is 5.96. The highest BCUT2D eigenvalue weighted by atomic mass is 16.6. The molecule has 46 heavy (non-hydrogen) atoms. The van der Waals surface area contributed by atoms with Crippen LogP contribution >= 0.6 is 0 Å². The van der Waals surface area contributed by atoms with E-state index in [0.717, 1.165) is 11.1 Å². The topological polar surface area (TPSA) is 111 Å². The Morgan fingerprint density at radius 3 is 0.826 bits per heavy atom. The quantitative estimate of drug-likeness (QED) is 0.389. The second-order valence-electron chi connectivity index (χ2n) is 10.2. The molecule has 2 aliphatic heterocycles. The van der Waals surface area contributed by atoms with Crippen LogP contribution in [0.2, 0.25) is 0 Å². The van der Waals surface area contributed by atoms with Crippen LogP contribution in [-0.4, -0.2) is 119 Å². The molecule has 0 unspecified atom stereocenters. The second-order valence-corrected chi connectivity index (χ2v) is 10.2. The number of rotatable bonds is 0. The minimum atomic E-state index is 0.389. The third-order valence-electron chi connectivity index (χ3n) is 6.49. The lowest BCUT2D eigenvalue weighted by Crippen LogP contribution is -2.15. The monoisotopic (exact) mass is 648 g/mol. The molecule has 0 aromatic heterocycles. The first-order chi connectivity index (χ1) is 22.8. The van der Waals surface area contributed by atoms with Crippen LogP contribution in [0.1, 0.15) is 11.1 Å². The van der Waals surface area contributed by atoms with Crippen LogP contribution in [0, 0.1) is 0 Å². The molecule has 2 heterocycles. The van der Waals surface area contributed by atoms with Crippen molar-refractivity contribution in [1.82, 2.24) is 0 Å². The van der Waals surface area contributed by atoms with E-state index in [-0.39, 0.29) is 0 Å². The summed E-state index contributed by atoms with van der Waals surface area (Å²) in [6, 6.07) is 11.5. The average Bonchev–Trinajstić information content (AvgIpc) is 3.05. The highest BCUT2D eigenvalue weighted by Gasteiger charge is 2.07. The van der Waals surface area contributed by atoms with Gasteiger partial charge >= 0.3 is 0 Å². The largest absolute Gasteiger partial charge is 0.491 e. The van der Waals surface area contributed by atoms with Gasteiger partial charge in [0.1, 0.15) is 49.4 Å². The smallest absolute Gasteiger partial charge is 0.123 e. The fraction of sp³-hybridized carbons (Fsp3) is 0.588. The summed E-state index contributed by atoms with van der Waals surface area (Å²) in [4.78, 5) is 0. The van der Waals surface area contributed by atoms with Crippen LogP contribution in [0.25, 0.3) is 0 Å². The summed E-state index contributed by atoms with van der Waals surface area (Å²) < 4.78 is 69.4. The number of fused-ring (bicyclic) bond motifs is 10. The lowest BCUT2D eigenvalue weighted by molar-refractivity contribution is 0.00430. The predicted molar refractivity (Wildman–Crippen MR) is 168 cm³/mol. The molecule has 0 atom stereocenters. The summed E-state index contributed by atoms with van der Waals surface area (Å²) in [5, 5.41) is 0. The van der Waals surface area contributed by atoms with E-state index >= 15 is 0 Å². The summed E-state index contributed by atoms with van der Waals surface area (Å²) in [7, 11) is 0. The van der Waals surface area contributed by atoms with E-state index in [1.165, 1.54) is 0 Å². The van der Waals surface area contributed by atoms with E-state index in [0.29, 0.717) is 155 Å². The van der Waals surface area contributed by atoms with E-state index in [9.17, 15) is 0 Å². The Morgan fingerprint density at radius 1 is 0.283 bits per heavy atom. The van der Waals surface area contributed by atoms with Crippen LogP contribution < -0.4 is 18.9 Å². The Labute approximate surface area is 271 Å². The zero-order chi connectivity index (χ0) is 31.7. The number of hydrogen-bond donors (Lipinski definition) is 0. The molecule has 2 aliphatic rings. The molecule has 0 N–H and O–H groups in total. The Kier molecular flexibility index (Phi) is 18.3. The molecule has 2 aromatic carbocycles. The summed E-state index contributed by atoms with van der Waals surface area (Å²) in [6.07, 6.45) is 3.88. The average molecular weight is 649 g/mol. The molecule has 2 aromatic rings. The molecule has 0 spiro atoms. The van der Waals surface area contributed by atoms with Gasteiger partial charge in [-0.3, -0.25) is 0 Å². The Balaban J connectivity index is 1.42. The summed E-state index contributed by atoms with van der Waals surface area (Å²) in [5.74, 6) is 2.71. The lowest BCUT2D eigenvalue weighted by atomic mass is 10.2. The normalized spacial score (nSPS) is 20.8. The first kappa shape index (κ1) is 35.9. The Morgan fingerprint density at radius 2 is 0.543 bits per heavy atom. The molecule has 4 rings (SSSR count). The van der Waals surface area contributed by atoms with Crippen molar-refractivity contribution in [2.45, 2.75) is 13.2 Å². The van der Waals surface area contributed by atoms with Gasteiger partial charge in [-0.25, -0.2) is 0 Å². The molecule has 12 heteroatoms. The van der Waals surface area contributed by atoms with Crippen LogP contribution in [0.4, 0.5) is 0 Å². The minimum absolute atomic E-state index is 0.389. The Hall–Kier alpha value is -2.94. The van der Waals surface area contributed by atoms with Gasteiger partial charge in [0, 0.05) is 12.1 Å². The molecule has 0 aliphatic carbocycles. The van der Waals surface area contributed by atoms with Crippen molar-refractivity contribution in [3.05, 3.63) is 59.7 Å². The van der Waals surface area contributed by atoms with Crippen molar-refractivity contribution in [2.24, 2.45) is 0 Å². The second kappa shape index (κ2) is 23.4. The molecule has 0 fully saturated rings. The molecule has 12 nitrogen and oxygen atoms in total. The van der Waals surface area contributed by atoms with Crippen molar-refractivity contribution in [3.63, 3.8) is 0 Å². The third-order valence-corrected chi connectivity index (χ3v) is 6.49. The molecular formula is C34H48O12. The summed E-state index contributed by atoms with van der Waals surface area (Å²) in [6.45, 7) is 8.64. The minimum Gasteiger partial charge on any atom is -0.491 e. The van der Waals surface area contributed by atoms with E-state index in [1.807, 2.05) is 48.6 Å². The molecular weight excluding hydrogens is 600 g/mol. The molecule has 0 radical (unpaired) electrons. The molecule has 0 amide bonds. The highest BCUT2D eigenvalue weighted by molar-refractivity contribution is 5.39. The van der Waals surface area contributed by atoms with E-state index in [2.05, 4.69) is 0 Å². The predicted octanol–water partition coefficient (Wildman–Crippen LogP) is 3.62. The van der Waals surface area contributed by atoms with E-state index < -0.39 is 0 Å². The fourth-order valence-electron chi connectivity index (χ4n) is 4.34. The maximum atomic E-state index is 5.96. The van der Waals surface area contributed by atoms with Gasteiger partial charge in [-0.1, -0.05) is 12.2 Å². The van der Waals surface area contributed by atoms with E-state index in [1.54, 1.807) is 0 Å². The third kappa shape index (κ3) is 16.1. The summed E-state index contributed by atoms with van der Waals surface area (Å²) in [5.41, 5.74) is 1.86. The van der Waals surface area contributed by atoms with Gasteiger partial charge in [-0.15, -0.1) is 0 Å². The Bertz CT molecular complexity index is 962. The SMILES string of the molecule is C1=C\COCc2cc3cc(c2)OCCOCCOCCOCCOc2cc(cc(c2)OCCOCCOCCOCCO3)COC/1. The fourth-order valence-corrected chi connectivity index (χ4v) is 4.34. The molecule has 6 bridgehead atoms. The molecule has 256 valence electrons. The van der Waals surface area contributed by atoms with Crippen LogP contribution in [-0.2, 0) is 51.1 Å². The van der Waals surface area contributed by atoms with Crippen LogP contribution in [0.5, 0.6) is 23.0 Å². The molecule has 0 saturated heterocycles. The maximum Gasteiger partial charge on any atom is 0.123 e. The number of benzene rings is 2. The standard InChI is InChI=1S/C34H48O12/c1-2-4-42-28-30-23-33-26-34(24-30)46-20-16-40-12-8-36-6-10-38-14-18-44-32-22-29(27-41-3-1)21-31(25-32)43-17-13-37-9-5-35-7-11-39-15-19-45-33/h1-2,21-26H,3-20,27-28H2/b2-1-. The first-order valence-electron chi connectivity index (χ1n) is 15.9.